The highest BCUT2D eigenvalue weighted by molar-refractivity contribution is 5.69. The number of rotatable bonds is 3. The summed E-state index contributed by atoms with van der Waals surface area (Å²) in [5.41, 5.74) is -0.243. The Morgan fingerprint density at radius 2 is 1.88 bits per heavy atom. The zero-order valence-electron chi connectivity index (χ0n) is 12.1. The fraction of sp³-hybridized carbons (Fsp3) is 0.933. The molecule has 0 amide bonds. The Hall–Kier alpha value is -0.530. The maximum absolute atomic E-state index is 11.4. The van der Waals surface area contributed by atoms with Gasteiger partial charge in [0.1, 0.15) is 5.60 Å². The molecule has 0 N–H and O–H groups in total. The normalized spacial score (nSPS) is 30.8. The topological polar surface area (TPSA) is 26.3 Å². The van der Waals surface area contributed by atoms with Gasteiger partial charge in [0.05, 0.1) is 0 Å². The molecule has 3 atom stereocenters. The number of esters is 1. The molecule has 0 heterocycles. The maximum atomic E-state index is 11.4. The molecule has 2 saturated carbocycles. The van der Waals surface area contributed by atoms with Crippen molar-refractivity contribution in [3.8, 4) is 0 Å². The Balaban J connectivity index is 0.000000686. The van der Waals surface area contributed by atoms with Gasteiger partial charge in [-0.1, -0.05) is 27.2 Å². The molecule has 100 valence electrons. The highest BCUT2D eigenvalue weighted by Crippen LogP contribution is 2.52. The Kier molecular flexibility index (Phi) is 5.03. The fourth-order valence-corrected chi connectivity index (χ4v) is 3.54. The van der Waals surface area contributed by atoms with Crippen LogP contribution in [-0.4, -0.2) is 11.6 Å². The summed E-state index contributed by atoms with van der Waals surface area (Å²) in [4.78, 5) is 11.4. The van der Waals surface area contributed by atoms with Crippen LogP contribution in [0.2, 0.25) is 0 Å². The van der Waals surface area contributed by atoms with Crippen molar-refractivity contribution in [1.29, 1.82) is 0 Å². The summed E-state index contributed by atoms with van der Waals surface area (Å²) in [7, 11) is 0. The summed E-state index contributed by atoms with van der Waals surface area (Å²) in [6.07, 6.45) is 5.89. The standard InChI is InChI=1S/C13H22O2.C2H6/c1-4-12(14)15-13(2,3)11-8-9-5-6-10(11)7-9;1-2/h9-11H,4-8H2,1-3H3;1-2H3. The molecular weight excluding hydrogens is 212 g/mol. The van der Waals surface area contributed by atoms with Gasteiger partial charge in [0.2, 0.25) is 0 Å². The lowest BCUT2D eigenvalue weighted by atomic mass is 9.78. The first-order valence-electron chi connectivity index (χ1n) is 7.24. The van der Waals surface area contributed by atoms with Crippen molar-refractivity contribution in [1.82, 2.24) is 0 Å². The number of carbonyl (C=O) groups excluding carboxylic acids is 1. The van der Waals surface area contributed by atoms with Crippen molar-refractivity contribution in [2.24, 2.45) is 17.8 Å². The molecule has 2 aliphatic carbocycles. The van der Waals surface area contributed by atoms with E-state index in [1.54, 1.807) is 0 Å². The molecule has 2 nitrogen and oxygen atoms in total. The second-order valence-electron chi connectivity index (χ2n) is 5.71. The lowest BCUT2D eigenvalue weighted by Crippen LogP contribution is -2.39. The van der Waals surface area contributed by atoms with Gasteiger partial charge in [-0.15, -0.1) is 0 Å². The predicted octanol–water partition coefficient (Wildman–Crippen LogP) is 4.18. The van der Waals surface area contributed by atoms with Crippen molar-refractivity contribution in [2.45, 2.75) is 72.3 Å². The first kappa shape index (κ1) is 14.5. The molecule has 2 aliphatic rings. The van der Waals surface area contributed by atoms with E-state index in [1.165, 1.54) is 25.7 Å². The van der Waals surface area contributed by atoms with Gasteiger partial charge in [0.15, 0.2) is 0 Å². The molecule has 0 spiro atoms. The van der Waals surface area contributed by atoms with Crippen LogP contribution in [0.4, 0.5) is 0 Å². The lowest BCUT2D eigenvalue weighted by Gasteiger charge is -2.36. The van der Waals surface area contributed by atoms with Crippen LogP contribution in [0.15, 0.2) is 0 Å². The molecule has 0 radical (unpaired) electrons. The molecule has 2 rings (SSSR count). The highest BCUT2D eigenvalue weighted by atomic mass is 16.6. The van der Waals surface area contributed by atoms with Crippen LogP contribution >= 0.6 is 0 Å². The molecule has 2 heteroatoms. The Morgan fingerprint density at radius 3 is 2.29 bits per heavy atom. The van der Waals surface area contributed by atoms with Gasteiger partial charge in [0, 0.05) is 12.3 Å². The molecule has 0 aromatic carbocycles. The van der Waals surface area contributed by atoms with E-state index in [1.807, 2.05) is 20.8 Å². The first-order chi connectivity index (χ1) is 8.03. The van der Waals surface area contributed by atoms with Gasteiger partial charge in [-0.25, -0.2) is 0 Å². The number of hydrogen-bond donors (Lipinski definition) is 0. The van der Waals surface area contributed by atoms with E-state index in [2.05, 4.69) is 13.8 Å². The first-order valence-corrected chi connectivity index (χ1v) is 7.24. The summed E-state index contributed by atoms with van der Waals surface area (Å²) in [6, 6.07) is 0. The number of ether oxygens (including phenoxy) is 1. The molecule has 2 bridgehead atoms. The van der Waals surface area contributed by atoms with Crippen molar-refractivity contribution in [3.63, 3.8) is 0 Å². The van der Waals surface area contributed by atoms with E-state index >= 15 is 0 Å². The number of hydrogen-bond acceptors (Lipinski definition) is 2. The molecule has 2 fully saturated rings. The summed E-state index contributed by atoms with van der Waals surface area (Å²) in [6.45, 7) is 10.0. The zero-order chi connectivity index (χ0) is 13.1. The van der Waals surface area contributed by atoms with E-state index in [0.29, 0.717) is 12.3 Å². The summed E-state index contributed by atoms with van der Waals surface area (Å²) < 4.78 is 5.58. The fourth-order valence-electron chi connectivity index (χ4n) is 3.54. The van der Waals surface area contributed by atoms with Gasteiger partial charge in [-0.2, -0.15) is 0 Å². The Labute approximate surface area is 106 Å². The second kappa shape index (κ2) is 5.88. The molecule has 0 aromatic heterocycles. The van der Waals surface area contributed by atoms with Crippen molar-refractivity contribution in [2.75, 3.05) is 0 Å². The average molecular weight is 240 g/mol. The van der Waals surface area contributed by atoms with E-state index < -0.39 is 0 Å². The van der Waals surface area contributed by atoms with E-state index in [9.17, 15) is 4.79 Å². The quantitative estimate of drug-likeness (QED) is 0.692. The second-order valence-corrected chi connectivity index (χ2v) is 5.71. The van der Waals surface area contributed by atoms with Gasteiger partial charge < -0.3 is 4.74 Å². The zero-order valence-corrected chi connectivity index (χ0v) is 12.1. The van der Waals surface area contributed by atoms with Crippen LogP contribution in [0.25, 0.3) is 0 Å². The minimum atomic E-state index is -0.243. The van der Waals surface area contributed by atoms with Crippen molar-refractivity contribution in [3.05, 3.63) is 0 Å². The summed E-state index contributed by atoms with van der Waals surface area (Å²) in [5, 5.41) is 0. The molecule has 0 aromatic rings. The van der Waals surface area contributed by atoms with E-state index in [-0.39, 0.29) is 11.6 Å². The SMILES string of the molecule is CC.CCC(=O)OC(C)(C)C1CC2CCC1C2. The largest absolute Gasteiger partial charge is 0.459 e. The van der Waals surface area contributed by atoms with E-state index in [0.717, 1.165) is 11.8 Å². The smallest absolute Gasteiger partial charge is 0.306 e. The van der Waals surface area contributed by atoms with Crippen LogP contribution in [0, 0.1) is 17.8 Å². The van der Waals surface area contributed by atoms with Gasteiger partial charge >= 0.3 is 5.97 Å². The lowest BCUT2D eigenvalue weighted by molar-refractivity contribution is -0.163. The van der Waals surface area contributed by atoms with Crippen LogP contribution in [0.1, 0.15) is 66.7 Å². The van der Waals surface area contributed by atoms with Crippen LogP contribution in [0.3, 0.4) is 0 Å². The van der Waals surface area contributed by atoms with Crippen LogP contribution in [0.5, 0.6) is 0 Å². The van der Waals surface area contributed by atoms with Crippen LogP contribution < -0.4 is 0 Å². The molecule has 0 saturated heterocycles. The summed E-state index contributed by atoms with van der Waals surface area (Å²) >= 11 is 0. The van der Waals surface area contributed by atoms with Gasteiger partial charge in [0.25, 0.3) is 0 Å². The minimum Gasteiger partial charge on any atom is -0.459 e. The van der Waals surface area contributed by atoms with Crippen molar-refractivity contribution >= 4 is 5.97 Å². The molecule has 3 unspecified atom stereocenters. The highest BCUT2D eigenvalue weighted by Gasteiger charge is 2.48. The number of fused-ring (bicyclic) bond motifs is 2. The van der Waals surface area contributed by atoms with E-state index in [4.69, 9.17) is 4.74 Å². The molecular formula is C15H28O2. The summed E-state index contributed by atoms with van der Waals surface area (Å²) in [5.74, 6) is 2.28. The monoisotopic (exact) mass is 240 g/mol. The minimum absolute atomic E-state index is 0.0530. The van der Waals surface area contributed by atoms with Crippen molar-refractivity contribution < 1.29 is 9.53 Å². The molecule has 0 aliphatic heterocycles. The van der Waals surface area contributed by atoms with Gasteiger partial charge in [-0.3, -0.25) is 4.79 Å². The average Bonchev–Trinajstić information content (AvgIpc) is 2.93. The third-order valence-corrected chi connectivity index (χ3v) is 4.30. The number of carbonyl (C=O) groups is 1. The van der Waals surface area contributed by atoms with Gasteiger partial charge in [-0.05, 0) is 44.9 Å². The third-order valence-electron chi connectivity index (χ3n) is 4.30. The van der Waals surface area contributed by atoms with Crippen LogP contribution in [-0.2, 0) is 9.53 Å². The maximum Gasteiger partial charge on any atom is 0.306 e. The molecule has 17 heavy (non-hydrogen) atoms. The third kappa shape index (κ3) is 3.23. The Bertz CT molecular complexity index is 258. The Morgan fingerprint density at radius 1 is 1.24 bits per heavy atom. The predicted molar refractivity (Wildman–Crippen MR) is 70.7 cm³/mol.